The number of ether oxygens (including phenoxy) is 2. The van der Waals surface area contributed by atoms with Crippen LogP contribution in [0.2, 0.25) is 0 Å². The minimum absolute atomic E-state index is 0.0287. The highest BCUT2D eigenvalue weighted by atomic mass is 16.5. The van der Waals surface area contributed by atoms with E-state index in [0.29, 0.717) is 36.1 Å². The molecule has 2 aromatic rings. The number of hydrogen-bond donors (Lipinski definition) is 3. The Morgan fingerprint density at radius 1 is 0.864 bits per heavy atom. The molecule has 0 aliphatic carbocycles. The van der Waals surface area contributed by atoms with E-state index in [1.54, 1.807) is 62.2 Å². The minimum Gasteiger partial charge on any atom is -0.386 e. The summed E-state index contributed by atoms with van der Waals surface area (Å²) in [5.41, 5.74) is 1.49. The highest BCUT2D eigenvalue weighted by Crippen LogP contribution is 2.30. The lowest BCUT2D eigenvalue weighted by Crippen LogP contribution is -2.56. The highest BCUT2D eigenvalue weighted by molar-refractivity contribution is 6.00. The average Bonchev–Trinajstić information content (AvgIpc) is 3.71. The van der Waals surface area contributed by atoms with E-state index >= 15 is 0 Å². The summed E-state index contributed by atoms with van der Waals surface area (Å²) in [6.07, 6.45) is -0.186. The second-order valence-electron chi connectivity index (χ2n) is 16.3. The van der Waals surface area contributed by atoms with Gasteiger partial charge in [-0.3, -0.25) is 28.8 Å². The molecule has 3 N–H and O–H groups in total. The van der Waals surface area contributed by atoms with Gasteiger partial charge in [0, 0.05) is 46.0 Å². The first-order chi connectivity index (χ1) is 27.9. The Kier molecular flexibility index (Phi) is 18.7. The molecule has 9 unspecified atom stereocenters. The Balaban J connectivity index is 1.69. The van der Waals surface area contributed by atoms with Gasteiger partial charge in [0.15, 0.2) is 5.78 Å². The molecule has 1 fully saturated rings. The molecule has 0 spiro atoms. The van der Waals surface area contributed by atoms with Gasteiger partial charge < -0.3 is 39.9 Å². The summed E-state index contributed by atoms with van der Waals surface area (Å²) in [6.45, 7) is 12.7. The standard InChI is InChI=1S/C45H67N5O9/c1-12-28(4)40(48(8)38(53)26-46-44(56)39(27(2)3)49(9)45(57)34-22-20-32(21-23-34)31(7)51)36(58-10)25-37(52)50-24-16-19-35(50)42(59-11)29(5)43(55)47-30(6)41(54)33-17-14-13-15-18-33/h13-15,17-18,20-23,27-30,35-36,39-42,54H,12,16,19,24-26H2,1-11H3,(H,46,56)(H,47,55). The number of methoxy groups -OCH3 is 2. The topological polar surface area (TPSA) is 175 Å². The maximum Gasteiger partial charge on any atom is 0.254 e. The summed E-state index contributed by atoms with van der Waals surface area (Å²) in [5, 5.41) is 16.5. The summed E-state index contributed by atoms with van der Waals surface area (Å²) < 4.78 is 11.9. The molecule has 9 atom stereocenters. The van der Waals surface area contributed by atoms with E-state index in [1.807, 2.05) is 45.9 Å². The largest absolute Gasteiger partial charge is 0.386 e. The molecule has 59 heavy (non-hydrogen) atoms. The van der Waals surface area contributed by atoms with Crippen LogP contribution in [0.25, 0.3) is 0 Å². The van der Waals surface area contributed by atoms with Crippen molar-refractivity contribution in [2.75, 3.05) is 41.4 Å². The zero-order valence-electron chi connectivity index (χ0n) is 36.8. The summed E-state index contributed by atoms with van der Waals surface area (Å²) in [7, 11) is 6.21. The molecule has 5 amide bonds. The van der Waals surface area contributed by atoms with E-state index in [0.717, 1.165) is 6.42 Å². The van der Waals surface area contributed by atoms with Crippen molar-refractivity contribution in [3.63, 3.8) is 0 Å². The number of benzene rings is 2. The molecule has 14 nitrogen and oxygen atoms in total. The number of likely N-dealkylation sites (tertiary alicyclic amines) is 1. The van der Waals surface area contributed by atoms with Crippen LogP contribution in [0.15, 0.2) is 54.6 Å². The highest BCUT2D eigenvalue weighted by Gasteiger charge is 2.42. The first-order valence-corrected chi connectivity index (χ1v) is 20.7. The lowest BCUT2D eigenvalue weighted by atomic mass is 9.90. The maximum atomic E-state index is 14.1. The third-order valence-corrected chi connectivity index (χ3v) is 11.9. The lowest BCUT2D eigenvalue weighted by molar-refractivity contribution is -0.146. The smallest absolute Gasteiger partial charge is 0.254 e. The van der Waals surface area contributed by atoms with Crippen LogP contribution in [0.5, 0.6) is 0 Å². The van der Waals surface area contributed by atoms with Crippen LogP contribution in [0, 0.1) is 17.8 Å². The molecule has 1 aliphatic rings. The Morgan fingerprint density at radius 2 is 1.47 bits per heavy atom. The molecule has 1 aliphatic heterocycles. The van der Waals surface area contributed by atoms with Crippen molar-refractivity contribution >= 4 is 35.3 Å². The quantitative estimate of drug-likeness (QED) is 0.156. The first-order valence-electron chi connectivity index (χ1n) is 20.7. The minimum atomic E-state index is -0.900. The van der Waals surface area contributed by atoms with E-state index in [4.69, 9.17) is 9.47 Å². The number of amides is 5. The number of nitrogens with zero attached hydrogens (tertiary/aromatic N) is 3. The second-order valence-corrected chi connectivity index (χ2v) is 16.3. The Bertz CT molecular complexity index is 1720. The Labute approximate surface area is 350 Å². The molecular weight excluding hydrogens is 755 g/mol. The van der Waals surface area contributed by atoms with Gasteiger partial charge in [-0.05, 0) is 56.2 Å². The summed E-state index contributed by atoms with van der Waals surface area (Å²) >= 11 is 0. The van der Waals surface area contributed by atoms with E-state index in [-0.39, 0.29) is 54.3 Å². The van der Waals surface area contributed by atoms with Gasteiger partial charge in [-0.25, -0.2) is 0 Å². The number of aliphatic hydroxyl groups excluding tert-OH is 1. The van der Waals surface area contributed by atoms with Crippen LogP contribution in [-0.2, 0) is 28.7 Å². The van der Waals surface area contributed by atoms with Crippen molar-refractivity contribution in [2.45, 2.75) is 117 Å². The average molecular weight is 822 g/mol. The third kappa shape index (κ3) is 12.4. The van der Waals surface area contributed by atoms with Crippen LogP contribution in [0.1, 0.15) is 107 Å². The number of hydrogen-bond acceptors (Lipinski definition) is 9. The number of Topliss-reactive ketones (excluding diaryl/α,β-unsaturated/α-hetero) is 1. The van der Waals surface area contributed by atoms with Gasteiger partial charge in [0.1, 0.15) is 6.04 Å². The first kappa shape index (κ1) is 48.7. The molecule has 3 rings (SSSR count). The fourth-order valence-electron chi connectivity index (χ4n) is 8.19. The van der Waals surface area contributed by atoms with E-state index < -0.39 is 54.2 Å². The molecule has 0 bridgehead atoms. The lowest BCUT2D eigenvalue weighted by Gasteiger charge is -2.39. The molecule has 0 radical (unpaired) electrons. The molecule has 326 valence electrons. The van der Waals surface area contributed by atoms with Gasteiger partial charge in [-0.1, -0.05) is 83.5 Å². The molecule has 0 aromatic heterocycles. The van der Waals surface area contributed by atoms with Crippen LogP contribution >= 0.6 is 0 Å². The SMILES string of the molecule is CCC(C)C(C(CC(=O)N1CCCC1C(OC)C(C)C(=O)NC(C)C(O)c1ccccc1)OC)N(C)C(=O)CNC(=O)C(C(C)C)N(C)C(=O)c1ccc(C(C)=O)cc1. The number of carbonyl (C=O) groups is 6. The molecule has 14 heteroatoms. The van der Waals surface area contributed by atoms with Crippen LogP contribution in [0.3, 0.4) is 0 Å². The third-order valence-electron chi connectivity index (χ3n) is 11.9. The Morgan fingerprint density at radius 3 is 2.02 bits per heavy atom. The van der Waals surface area contributed by atoms with Crippen LogP contribution < -0.4 is 10.6 Å². The number of likely N-dealkylation sites (N-methyl/N-ethyl adjacent to an activating group) is 2. The number of rotatable bonds is 21. The molecule has 1 heterocycles. The van der Waals surface area contributed by atoms with E-state index in [1.165, 1.54) is 38.0 Å². The van der Waals surface area contributed by atoms with Gasteiger partial charge in [-0.2, -0.15) is 0 Å². The zero-order valence-corrected chi connectivity index (χ0v) is 36.8. The number of aliphatic hydroxyl groups is 1. The summed E-state index contributed by atoms with van der Waals surface area (Å²) in [5.74, 6) is -2.90. The second kappa shape index (κ2) is 22.6. The predicted molar refractivity (Wildman–Crippen MR) is 225 cm³/mol. The van der Waals surface area contributed by atoms with Gasteiger partial charge in [0.05, 0.1) is 55.3 Å². The fraction of sp³-hybridized carbons (Fsp3) is 0.600. The van der Waals surface area contributed by atoms with E-state index in [2.05, 4.69) is 10.6 Å². The van der Waals surface area contributed by atoms with Crippen molar-refractivity contribution in [2.24, 2.45) is 17.8 Å². The van der Waals surface area contributed by atoms with Crippen molar-refractivity contribution in [3.05, 3.63) is 71.3 Å². The van der Waals surface area contributed by atoms with Crippen molar-refractivity contribution < 1.29 is 43.3 Å². The van der Waals surface area contributed by atoms with Crippen molar-refractivity contribution in [3.8, 4) is 0 Å². The maximum absolute atomic E-state index is 14.1. The number of nitrogens with one attached hydrogen (secondary N) is 2. The van der Waals surface area contributed by atoms with Gasteiger partial charge in [0.2, 0.25) is 23.6 Å². The van der Waals surface area contributed by atoms with Gasteiger partial charge in [0.25, 0.3) is 5.91 Å². The van der Waals surface area contributed by atoms with Gasteiger partial charge >= 0.3 is 0 Å². The normalized spacial score (nSPS) is 18.1. The zero-order chi connectivity index (χ0) is 44.1. The molecule has 1 saturated heterocycles. The molecule has 2 aromatic carbocycles. The predicted octanol–water partition coefficient (Wildman–Crippen LogP) is 4.26. The number of carbonyl (C=O) groups excluding carboxylic acids is 6. The van der Waals surface area contributed by atoms with Crippen LogP contribution in [0.4, 0.5) is 0 Å². The van der Waals surface area contributed by atoms with Gasteiger partial charge in [-0.15, -0.1) is 0 Å². The van der Waals surface area contributed by atoms with Crippen molar-refractivity contribution in [1.29, 1.82) is 0 Å². The van der Waals surface area contributed by atoms with E-state index in [9.17, 15) is 33.9 Å². The van der Waals surface area contributed by atoms with Crippen molar-refractivity contribution in [1.82, 2.24) is 25.3 Å². The summed E-state index contributed by atoms with van der Waals surface area (Å²) in [4.78, 5) is 84.7. The monoisotopic (exact) mass is 821 g/mol. The molecular formula is C45H67N5O9. The fourth-order valence-corrected chi connectivity index (χ4v) is 8.19. The number of ketones is 1. The summed E-state index contributed by atoms with van der Waals surface area (Å²) in [6, 6.07) is 13.0. The molecule has 0 saturated carbocycles. The Hall–Kier alpha value is -4.66. The van der Waals surface area contributed by atoms with Crippen LogP contribution in [-0.4, -0.2) is 133 Å².